The standard InChI is InChI=1S/C14H13N3/c1-17(2)14-7-4-12(5-8-14)3-6-13-11-15-9-10-16-13/h4-5,7-11H,1-2H3. The number of hydrogen-bond acceptors (Lipinski definition) is 3. The summed E-state index contributed by atoms with van der Waals surface area (Å²) in [7, 11) is 4.03. The molecular weight excluding hydrogens is 210 g/mol. The number of rotatable bonds is 1. The highest BCUT2D eigenvalue weighted by molar-refractivity contribution is 5.50. The van der Waals surface area contributed by atoms with Gasteiger partial charge in [-0.05, 0) is 30.2 Å². The lowest BCUT2D eigenvalue weighted by Gasteiger charge is -2.11. The molecule has 0 saturated carbocycles. The third-order valence-corrected chi connectivity index (χ3v) is 2.28. The summed E-state index contributed by atoms with van der Waals surface area (Å²) in [4.78, 5) is 10.1. The number of benzene rings is 1. The lowest BCUT2D eigenvalue weighted by molar-refractivity contribution is 1.13. The number of nitrogens with zero attached hydrogens (tertiary/aromatic N) is 3. The number of anilines is 1. The molecule has 0 aliphatic rings. The molecule has 17 heavy (non-hydrogen) atoms. The highest BCUT2D eigenvalue weighted by Gasteiger charge is 1.93. The lowest BCUT2D eigenvalue weighted by atomic mass is 10.2. The van der Waals surface area contributed by atoms with Gasteiger partial charge in [-0.3, -0.25) is 4.98 Å². The molecule has 84 valence electrons. The molecule has 1 aromatic carbocycles. The topological polar surface area (TPSA) is 29.0 Å². The van der Waals surface area contributed by atoms with Gasteiger partial charge < -0.3 is 4.90 Å². The van der Waals surface area contributed by atoms with E-state index >= 15 is 0 Å². The van der Waals surface area contributed by atoms with E-state index < -0.39 is 0 Å². The monoisotopic (exact) mass is 223 g/mol. The maximum absolute atomic E-state index is 4.10. The van der Waals surface area contributed by atoms with Crippen LogP contribution in [0.25, 0.3) is 0 Å². The summed E-state index contributed by atoms with van der Waals surface area (Å²) in [6, 6.07) is 8.08. The van der Waals surface area contributed by atoms with Crippen LogP contribution in [0.3, 0.4) is 0 Å². The van der Waals surface area contributed by atoms with Gasteiger partial charge in [-0.2, -0.15) is 0 Å². The van der Waals surface area contributed by atoms with Gasteiger partial charge in [-0.25, -0.2) is 4.98 Å². The van der Waals surface area contributed by atoms with Crippen molar-refractivity contribution >= 4 is 5.69 Å². The molecule has 0 radical (unpaired) electrons. The van der Waals surface area contributed by atoms with Gasteiger partial charge in [0, 0.05) is 37.7 Å². The molecule has 2 rings (SSSR count). The highest BCUT2D eigenvalue weighted by Crippen LogP contribution is 2.11. The van der Waals surface area contributed by atoms with Crippen LogP contribution in [0.15, 0.2) is 42.9 Å². The fourth-order valence-corrected chi connectivity index (χ4v) is 1.34. The van der Waals surface area contributed by atoms with E-state index in [4.69, 9.17) is 0 Å². The van der Waals surface area contributed by atoms with Crippen LogP contribution in [-0.4, -0.2) is 24.1 Å². The second-order valence-electron chi connectivity index (χ2n) is 3.78. The first-order valence-corrected chi connectivity index (χ1v) is 5.31. The van der Waals surface area contributed by atoms with Crippen molar-refractivity contribution in [2.45, 2.75) is 0 Å². The number of aromatic nitrogens is 2. The molecular formula is C14H13N3. The van der Waals surface area contributed by atoms with Gasteiger partial charge in [0.2, 0.25) is 0 Å². The summed E-state index contributed by atoms with van der Waals surface area (Å²) >= 11 is 0. The second kappa shape index (κ2) is 5.13. The maximum atomic E-state index is 4.10. The summed E-state index contributed by atoms with van der Waals surface area (Å²) in [5.41, 5.74) is 2.82. The molecule has 0 N–H and O–H groups in total. The molecule has 0 fully saturated rings. The summed E-state index contributed by atoms with van der Waals surface area (Å²) in [5, 5.41) is 0. The van der Waals surface area contributed by atoms with Crippen LogP contribution in [0, 0.1) is 11.8 Å². The summed E-state index contributed by atoms with van der Waals surface area (Å²) < 4.78 is 0. The van der Waals surface area contributed by atoms with Gasteiger partial charge in [0.25, 0.3) is 0 Å². The van der Waals surface area contributed by atoms with Gasteiger partial charge in [0.1, 0.15) is 5.69 Å². The van der Waals surface area contributed by atoms with E-state index in [9.17, 15) is 0 Å². The average molecular weight is 223 g/mol. The van der Waals surface area contributed by atoms with E-state index in [1.807, 2.05) is 38.4 Å². The second-order valence-corrected chi connectivity index (χ2v) is 3.78. The third kappa shape index (κ3) is 3.05. The Labute approximate surface area is 101 Å². The Hall–Kier alpha value is -2.34. The van der Waals surface area contributed by atoms with Crippen molar-refractivity contribution in [3.05, 3.63) is 54.1 Å². The Kier molecular flexibility index (Phi) is 3.37. The van der Waals surface area contributed by atoms with Crippen molar-refractivity contribution in [2.24, 2.45) is 0 Å². The maximum Gasteiger partial charge on any atom is 0.131 e. The fraction of sp³-hybridized carbons (Fsp3) is 0.143. The quantitative estimate of drug-likeness (QED) is 0.692. The van der Waals surface area contributed by atoms with Crippen molar-refractivity contribution < 1.29 is 0 Å². The first kappa shape index (κ1) is 11.2. The van der Waals surface area contributed by atoms with E-state index in [0.29, 0.717) is 5.69 Å². The predicted octanol–water partition coefficient (Wildman–Crippen LogP) is 1.94. The lowest BCUT2D eigenvalue weighted by Crippen LogP contribution is -2.07. The normalized spacial score (nSPS) is 9.29. The van der Waals surface area contributed by atoms with Gasteiger partial charge >= 0.3 is 0 Å². The van der Waals surface area contributed by atoms with Gasteiger partial charge in [-0.1, -0.05) is 5.92 Å². The van der Waals surface area contributed by atoms with E-state index in [1.54, 1.807) is 18.6 Å². The van der Waals surface area contributed by atoms with Crippen LogP contribution < -0.4 is 4.90 Å². The van der Waals surface area contributed by atoms with E-state index in [0.717, 1.165) is 11.3 Å². The van der Waals surface area contributed by atoms with Crippen molar-refractivity contribution in [3.8, 4) is 11.8 Å². The Balaban J connectivity index is 2.17. The third-order valence-electron chi connectivity index (χ3n) is 2.28. The zero-order valence-electron chi connectivity index (χ0n) is 9.88. The Morgan fingerprint density at radius 2 is 1.76 bits per heavy atom. The van der Waals surface area contributed by atoms with Crippen molar-refractivity contribution in [1.82, 2.24) is 9.97 Å². The molecule has 0 bridgehead atoms. The largest absolute Gasteiger partial charge is 0.378 e. The highest BCUT2D eigenvalue weighted by atomic mass is 15.1. The fourth-order valence-electron chi connectivity index (χ4n) is 1.34. The van der Waals surface area contributed by atoms with E-state index in [1.165, 1.54) is 0 Å². The van der Waals surface area contributed by atoms with E-state index in [-0.39, 0.29) is 0 Å². The minimum Gasteiger partial charge on any atom is -0.378 e. The van der Waals surface area contributed by atoms with E-state index in [2.05, 4.69) is 26.7 Å². The zero-order valence-corrected chi connectivity index (χ0v) is 9.88. The van der Waals surface area contributed by atoms with Gasteiger partial charge in [-0.15, -0.1) is 0 Å². The molecule has 0 aliphatic heterocycles. The van der Waals surface area contributed by atoms with Crippen LogP contribution in [0.1, 0.15) is 11.3 Å². The molecule has 0 spiro atoms. The van der Waals surface area contributed by atoms with Crippen molar-refractivity contribution in [1.29, 1.82) is 0 Å². The molecule has 0 saturated heterocycles. The first-order chi connectivity index (χ1) is 8.25. The molecule has 1 aromatic heterocycles. The molecule has 1 heterocycles. The van der Waals surface area contributed by atoms with Gasteiger partial charge in [0.15, 0.2) is 0 Å². The molecule has 3 nitrogen and oxygen atoms in total. The SMILES string of the molecule is CN(C)c1ccc(C#Cc2cnccn2)cc1. The van der Waals surface area contributed by atoms with Crippen molar-refractivity contribution in [3.63, 3.8) is 0 Å². The zero-order chi connectivity index (χ0) is 12.1. The molecule has 0 aliphatic carbocycles. The predicted molar refractivity (Wildman–Crippen MR) is 68.8 cm³/mol. The average Bonchev–Trinajstić information content (AvgIpc) is 2.38. The minimum atomic E-state index is 0.684. The summed E-state index contributed by atoms with van der Waals surface area (Å²) in [6.07, 6.45) is 4.93. The summed E-state index contributed by atoms with van der Waals surface area (Å²) in [6.45, 7) is 0. The van der Waals surface area contributed by atoms with Gasteiger partial charge in [0.05, 0.1) is 6.20 Å². The van der Waals surface area contributed by atoms with Crippen LogP contribution in [-0.2, 0) is 0 Å². The molecule has 0 unspecified atom stereocenters. The number of hydrogen-bond donors (Lipinski definition) is 0. The molecule has 0 atom stereocenters. The first-order valence-electron chi connectivity index (χ1n) is 5.31. The Bertz CT molecular complexity index is 533. The van der Waals surface area contributed by atoms with Crippen LogP contribution >= 0.6 is 0 Å². The smallest absolute Gasteiger partial charge is 0.131 e. The molecule has 3 heteroatoms. The molecule has 2 aromatic rings. The minimum absolute atomic E-state index is 0.684. The van der Waals surface area contributed by atoms with Crippen LogP contribution in [0.5, 0.6) is 0 Å². The van der Waals surface area contributed by atoms with Crippen molar-refractivity contribution in [2.75, 3.05) is 19.0 Å². The van der Waals surface area contributed by atoms with Crippen LogP contribution in [0.2, 0.25) is 0 Å². The Morgan fingerprint density at radius 1 is 1.00 bits per heavy atom. The Morgan fingerprint density at radius 3 is 2.35 bits per heavy atom. The van der Waals surface area contributed by atoms with Crippen LogP contribution in [0.4, 0.5) is 5.69 Å². The summed E-state index contributed by atoms with van der Waals surface area (Å²) in [5.74, 6) is 6.03. The molecule has 0 amide bonds.